The number of furan rings is 1. The summed E-state index contributed by atoms with van der Waals surface area (Å²) in [7, 11) is 1.82. The summed E-state index contributed by atoms with van der Waals surface area (Å²) < 4.78 is 5.31. The van der Waals surface area contributed by atoms with Gasteiger partial charge in [0.15, 0.2) is 5.96 Å². The lowest BCUT2D eigenvalue weighted by atomic mass is 9.96. The molecule has 0 aromatic carbocycles. The zero-order valence-electron chi connectivity index (χ0n) is 12.0. The fourth-order valence-electron chi connectivity index (χ4n) is 3.14. The van der Waals surface area contributed by atoms with Crippen LogP contribution < -0.4 is 10.6 Å². The van der Waals surface area contributed by atoms with Gasteiger partial charge in [-0.05, 0) is 54.2 Å². The van der Waals surface area contributed by atoms with E-state index in [9.17, 15) is 0 Å². The number of guanidine groups is 1. The van der Waals surface area contributed by atoms with Crippen LogP contribution in [0.3, 0.4) is 0 Å². The maximum Gasteiger partial charge on any atom is 0.191 e. The van der Waals surface area contributed by atoms with Gasteiger partial charge in [-0.25, -0.2) is 0 Å². The first-order valence-electron chi connectivity index (χ1n) is 7.37. The minimum absolute atomic E-state index is 0.665. The van der Waals surface area contributed by atoms with Crippen molar-refractivity contribution in [1.82, 2.24) is 10.6 Å². The molecule has 1 saturated heterocycles. The number of thioether (sulfide) groups is 1. The highest BCUT2D eigenvalue weighted by Crippen LogP contribution is 2.60. The summed E-state index contributed by atoms with van der Waals surface area (Å²) in [6, 6.07) is 3.87. The molecule has 1 atom stereocenters. The van der Waals surface area contributed by atoms with Crippen LogP contribution in [0.25, 0.3) is 0 Å². The molecule has 3 rings (SSSR count). The van der Waals surface area contributed by atoms with E-state index >= 15 is 0 Å². The van der Waals surface area contributed by atoms with E-state index in [2.05, 4.69) is 27.4 Å². The molecule has 1 unspecified atom stereocenters. The first-order valence-corrected chi connectivity index (χ1v) is 8.52. The van der Waals surface area contributed by atoms with Gasteiger partial charge < -0.3 is 15.1 Å². The van der Waals surface area contributed by atoms with E-state index in [0.29, 0.717) is 12.0 Å². The fourth-order valence-corrected chi connectivity index (χ4v) is 4.44. The van der Waals surface area contributed by atoms with Crippen LogP contribution >= 0.6 is 11.8 Å². The van der Waals surface area contributed by atoms with Gasteiger partial charge in [0.25, 0.3) is 0 Å². The van der Waals surface area contributed by atoms with Crippen LogP contribution in [0.1, 0.15) is 25.0 Å². The second-order valence-electron chi connectivity index (χ2n) is 5.76. The first kappa shape index (κ1) is 13.9. The van der Waals surface area contributed by atoms with Crippen molar-refractivity contribution in [2.75, 3.05) is 25.1 Å². The largest absolute Gasteiger partial charge is 0.467 e. The average Bonchev–Trinajstić information content (AvgIpc) is 2.91. The Bertz CT molecular complexity index is 452. The molecule has 1 aromatic rings. The predicted molar refractivity (Wildman–Crippen MR) is 84.0 cm³/mol. The van der Waals surface area contributed by atoms with Gasteiger partial charge in [0, 0.05) is 13.6 Å². The second-order valence-corrected chi connectivity index (χ2v) is 6.99. The maximum atomic E-state index is 5.31. The van der Waals surface area contributed by atoms with E-state index in [1.165, 1.54) is 30.8 Å². The smallest absolute Gasteiger partial charge is 0.191 e. The minimum atomic E-state index is 0.665. The van der Waals surface area contributed by atoms with E-state index < -0.39 is 0 Å². The molecule has 1 spiro atoms. The fraction of sp³-hybridized carbons (Fsp3) is 0.667. The van der Waals surface area contributed by atoms with Crippen molar-refractivity contribution in [2.24, 2.45) is 16.3 Å². The molecule has 4 nitrogen and oxygen atoms in total. The van der Waals surface area contributed by atoms with Crippen molar-refractivity contribution >= 4 is 17.7 Å². The van der Waals surface area contributed by atoms with Gasteiger partial charge in [0.1, 0.15) is 5.76 Å². The van der Waals surface area contributed by atoms with Crippen molar-refractivity contribution in [3.05, 3.63) is 24.2 Å². The summed E-state index contributed by atoms with van der Waals surface area (Å²) in [6.45, 7) is 1.72. The summed E-state index contributed by atoms with van der Waals surface area (Å²) in [5, 5.41) is 6.74. The zero-order chi connectivity index (χ0) is 13.8. The highest BCUT2D eigenvalue weighted by atomic mass is 32.2. The molecule has 1 aromatic heterocycles. The third-order valence-corrected chi connectivity index (χ3v) is 5.58. The molecule has 2 heterocycles. The van der Waals surface area contributed by atoms with E-state index in [4.69, 9.17) is 4.42 Å². The lowest BCUT2D eigenvalue weighted by Gasteiger charge is -2.22. The monoisotopic (exact) mass is 293 g/mol. The third kappa shape index (κ3) is 3.14. The van der Waals surface area contributed by atoms with Gasteiger partial charge in [0.05, 0.1) is 12.8 Å². The number of hydrogen-bond donors (Lipinski definition) is 2. The van der Waals surface area contributed by atoms with Crippen LogP contribution in [0.2, 0.25) is 0 Å². The van der Waals surface area contributed by atoms with Crippen LogP contribution in [-0.2, 0) is 6.54 Å². The molecule has 0 bridgehead atoms. The van der Waals surface area contributed by atoms with Crippen molar-refractivity contribution in [3.63, 3.8) is 0 Å². The Morgan fingerprint density at radius 3 is 3.00 bits per heavy atom. The molecule has 0 radical (unpaired) electrons. The highest BCUT2D eigenvalue weighted by Gasteiger charge is 2.53. The molecule has 1 aliphatic carbocycles. The standard InChI is InChI=1S/C15H23N3OS/c1-16-14(18-11-13-3-2-6-19-13)17-10-12-9-15(12)4-7-20-8-5-15/h2-3,6,12H,4-5,7-11H2,1H3,(H2,16,17,18). The van der Waals surface area contributed by atoms with Gasteiger partial charge in [-0.15, -0.1) is 0 Å². The number of nitrogens with one attached hydrogen (secondary N) is 2. The van der Waals surface area contributed by atoms with E-state index in [-0.39, 0.29) is 0 Å². The molecule has 110 valence electrons. The maximum absolute atomic E-state index is 5.31. The van der Waals surface area contributed by atoms with Crippen LogP contribution in [0.5, 0.6) is 0 Å². The molecule has 1 aliphatic heterocycles. The van der Waals surface area contributed by atoms with Crippen molar-refractivity contribution in [1.29, 1.82) is 0 Å². The molecule has 2 N–H and O–H groups in total. The summed E-state index contributed by atoms with van der Waals surface area (Å²) in [5.74, 6) is 5.34. The predicted octanol–water partition coefficient (Wildman–Crippen LogP) is 2.48. The van der Waals surface area contributed by atoms with Gasteiger partial charge in [-0.3, -0.25) is 4.99 Å². The van der Waals surface area contributed by atoms with Crippen molar-refractivity contribution in [2.45, 2.75) is 25.8 Å². The third-order valence-electron chi connectivity index (χ3n) is 4.60. The van der Waals surface area contributed by atoms with Gasteiger partial charge in [0.2, 0.25) is 0 Å². The van der Waals surface area contributed by atoms with Gasteiger partial charge in [-0.1, -0.05) is 0 Å². The van der Waals surface area contributed by atoms with Gasteiger partial charge in [-0.2, -0.15) is 11.8 Å². The normalized spacial score (nSPS) is 24.6. The number of rotatable bonds is 4. The van der Waals surface area contributed by atoms with Crippen LogP contribution in [0.4, 0.5) is 0 Å². The SMILES string of the molecule is CN=C(NCc1ccco1)NCC1CC12CCSCC2. The molecule has 5 heteroatoms. The molecule has 2 aliphatic rings. The molecular formula is C15H23N3OS. The lowest BCUT2D eigenvalue weighted by Crippen LogP contribution is -2.38. The Balaban J connectivity index is 1.41. The molecule has 0 amide bonds. The van der Waals surface area contributed by atoms with E-state index in [1.807, 2.05) is 19.2 Å². The first-order chi connectivity index (χ1) is 9.82. The van der Waals surface area contributed by atoms with Crippen LogP contribution in [0, 0.1) is 11.3 Å². The quantitative estimate of drug-likeness (QED) is 0.661. The Morgan fingerprint density at radius 1 is 1.45 bits per heavy atom. The highest BCUT2D eigenvalue weighted by molar-refractivity contribution is 7.99. The number of aliphatic imine (C=N–C) groups is 1. The summed E-state index contributed by atoms with van der Waals surface area (Å²) in [6.07, 6.45) is 5.91. The van der Waals surface area contributed by atoms with Crippen LogP contribution in [0.15, 0.2) is 27.8 Å². The Labute approximate surface area is 124 Å². The van der Waals surface area contributed by atoms with Crippen molar-refractivity contribution < 1.29 is 4.42 Å². The average molecular weight is 293 g/mol. The number of hydrogen-bond acceptors (Lipinski definition) is 3. The van der Waals surface area contributed by atoms with E-state index in [1.54, 1.807) is 6.26 Å². The summed E-state index contributed by atoms with van der Waals surface area (Å²) in [4.78, 5) is 4.27. The van der Waals surface area contributed by atoms with E-state index in [0.717, 1.165) is 24.2 Å². The molecule has 20 heavy (non-hydrogen) atoms. The summed E-state index contributed by atoms with van der Waals surface area (Å²) >= 11 is 2.11. The summed E-state index contributed by atoms with van der Waals surface area (Å²) in [5.41, 5.74) is 0.665. The topological polar surface area (TPSA) is 49.6 Å². The minimum Gasteiger partial charge on any atom is -0.467 e. The Morgan fingerprint density at radius 2 is 2.30 bits per heavy atom. The van der Waals surface area contributed by atoms with Crippen LogP contribution in [-0.4, -0.2) is 31.1 Å². The van der Waals surface area contributed by atoms with Crippen molar-refractivity contribution in [3.8, 4) is 0 Å². The molecule has 2 fully saturated rings. The molecular weight excluding hydrogens is 270 g/mol. The zero-order valence-corrected chi connectivity index (χ0v) is 12.8. The molecule has 1 saturated carbocycles. The number of nitrogens with zero attached hydrogens (tertiary/aromatic N) is 1. The Kier molecular flexibility index (Phi) is 4.24. The second kappa shape index (κ2) is 6.12. The Hall–Kier alpha value is -1.10. The lowest BCUT2D eigenvalue weighted by molar-refractivity contribution is 0.416. The van der Waals surface area contributed by atoms with Gasteiger partial charge >= 0.3 is 0 Å².